The number of carbonyl (C=O) groups is 1. The first-order valence-electron chi connectivity index (χ1n) is 8.88. The summed E-state index contributed by atoms with van der Waals surface area (Å²) in [6.45, 7) is 1.75. The number of nitrogens with one attached hydrogen (secondary N) is 1. The zero-order chi connectivity index (χ0) is 20.5. The lowest BCUT2D eigenvalue weighted by atomic mass is 9.93. The van der Waals surface area contributed by atoms with Gasteiger partial charge in [0.25, 0.3) is 5.91 Å². The molecule has 2 aromatic carbocycles. The minimum absolute atomic E-state index is 0.0353. The van der Waals surface area contributed by atoms with Crippen molar-refractivity contribution < 1.29 is 22.0 Å². The number of aryl methyl sites for hydroxylation is 1. The van der Waals surface area contributed by atoms with Gasteiger partial charge in [-0.15, -0.1) is 0 Å². The predicted molar refractivity (Wildman–Crippen MR) is 103 cm³/mol. The molecule has 4 nitrogen and oxygen atoms in total. The zero-order valence-corrected chi connectivity index (χ0v) is 16.8. The van der Waals surface area contributed by atoms with Crippen LogP contribution in [0.3, 0.4) is 0 Å². The average molecular weight is 428 g/mol. The second-order valence-corrected chi connectivity index (χ2v) is 9.76. The monoisotopic (exact) mass is 427 g/mol. The Kier molecular flexibility index (Phi) is 5.77. The van der Waals surface area contributed by atoms with Crippen LogP contribution in [0.15, 0.2) is 47.4 Å². The third kappa shape index (κ3) is 4.20. The Morgan fingerprint density at radius 2 is 1.86 bits per heavy atom. The van der Waals surface area contributed by atoms with E-state index in [0.29, 0.717) is 0 Å². The lowest BCUT2D eigenvalue weighted by Gasteiger charge is -2.33. The maximum atomic E-state index is 15.3. The number of carbonyl (C=O) groups excluding carboxylic acids is 1. The molecule has 1 aliphatic carbocycles. The van der Waals surface area contributed by atoms with Gasteiger partial charge in [-0.1, -0.05) is 23.7 Å². The van der Waals surface area contributed by atoms with E-state index in [1.807, 2.05) is 0 Å². The second-order valence-electron chi connectivity index (χ2n) is 7.11. The van der Waals surface area contributed by atoms with Crippen molar-refractivity contribution in [2.45, 2.75) is 48.5 Å². The van der Waals surface area contributed by atoms with Gasteiger partial charge in [0.05, 0.1) is 4.90 Å². The van der Waals surface area contributed by atoms with Crippen LogP contribution in [-0.2, 0) is 9.84 Å². The first-order chi connectivity index (χ1) is 13.1. The minimum atomic E-state index is -4.15. The van der Waals surface area contributed by atoms with Crippen LogP contribution in [0, 0.1) is 12.7 Å². The molecule has 1 amide bonds. The fourth-order valence-electron chi connectivity index (χ4n) is 3.41. The molecule has 8 heteroatoms. The van der Waals surface area contributed by atoms with E-state index in [0.717, 1.165) is 17.7 Å². The molecule has 0 unspecified atom stereocenters. The van der Waals surface area contributed by atoms with E-state index in [9.17, 15) is 17.6 Å². The number of hydrogen-bond acceptors (Lipinski definition) is 3. The average Bonchev–Trinajstić information content (AvgIpc) is 2.62. The molecule has 1 aliphatic rings. The summed E-state index contributed by atoms with van der Waals surface area (Å²) in [6.07, 6.45) is -0.122. The first-order valence-corrected chi connectivity index (χ1v) is 10.7. The molecule has 1 fully saturated rings. The van der Waals surface area contributed by atoms with Crippen molar-refractivity contribution in [1.82, 2.24) is 5.32 Å². The quantitative estimate of drug-likeness (QED) is 0.775. The van der Waals surface area contributed by atoms with E-state index in [1.54, 1.807) is 19.1 Å². The summed E-state index contributed by atoms with van der Waals surface area (Å²) in [5.41, 5.74) is 0.800. The molecule has 0 radical (unpaired) electrons. The molecule has 0 heterocycles. The van der Waals surface area contributed by atoms with E-state index < -0.39 is 32.6 Å². The van der Waals surface area contributed by atoms with E-state index in [2.05, 4.69) is 5.32 Å². The predicted octanol–water partition coefficient (Wildman–Crippen LogP) is 4.60. The highest BCUT2D eigenvalue weighted by Gasteiger charge is 2.47. The fourth-order valence-corrected chi connectivity index (χ4v) is 5.43. The second kappa shape index (κ2) is 7.79. The van der Waals surface area contributed by atoms with Gasteiger partial charge in [-0.25, -0.2) is 17.2 Å². The van der Waals surface area contributed by atoms with Crippen LogP contribution in [-0.4, -0.2) is 25.4 Å². The van der Waals surface area contributed by atoms with Crippen molar-refractivity contribution in [3.63, 3.8) is 0 Å². The van der Waals surface area contributed by atoms with Gasteiger partial charge in [0, 0.05) is 16.6 Å². The Labute approximate surface area is 167 Å². The fraction of sp³-hybridized carbons (Fsp3) is 0.350. The van der Waals surface area contributed by atoms with Crippen molar-refractivity contribution in [2.75, 3.05) is 0 Å². The Hall–Kier alpha value is -1.99. The van der Waals surface area contributed by atoms with E-state index in [4.69, 9.17) is 11.6 Å². The summed E-state index contributed by atoms with van der Waals surface area (Å²) in [5.74, 6) is -1.16. The van der Waals surface area contributed by atoms with E-state index in [-0.39, 0.29) is 41.2 Å². The molecule has 0 saturated heterocycles. The molecular formula is C20H20ClF2NO3S. The number of amides is 1. The smallest absolute Gasteiger partial charge is 0.251 e. The number of hydrogen-bond donors (Lipinski definition) is 1. The molecule has 0 aromatic heterocycles. The van der Waals surface area contributed by atoms with Crippen LogP contribution >= 0.6 is 11.6 Å². The number of sulfone groups is 1. The lowest BCUT2D eigenvalue weighted by molar-refractivity contribution is 0.0905. The Bertz CT molecular complexity index is 982. The van der Waals surface area contributed by atoms with Gasteiger partial charge in [-0.3, -0.25) is 4.79 Å². The van der Waals surface area contributed by atoms with Crippen molar-refractivity contribution in [2.24, 2.45) is 0 Å². The summed E-state index contributed by atoms with van der Waals surface area (Å²) in [6, 6.07) is 9.27. The van der Waals surface area contributed by atoms with Gasteiger partial charge >= 0.3 is 0 Å². The lowest BCUT2D eigenvalue weighted by Crippen LogP contribution is -2.45. The molecule has 0 spiro atoms. The van der Waals surface area contributed by atoms with Gasteiger partial charge in [0.1, 0.15) is 5.82 Å². The third-order valence-electron chi connectivity index (χ3n) is 4.97. The first kappa shape index (κ1) is 20.7. The van der Waals surface area contributed by atoms with Gasteiger partial charge in [0.2, 0.25) is 14.8 Å². The van der Waals surface area contributed by atoms with Crippen molar-refractivity contribution >= 4 is 27.3 Å². The molecule has 150 valence electrons. The number of rotatable bonds is 4. The molecule has 2 aromatic rings. The van der Waals surface area contributed by atoms with Crippen LogP contribution < -0.4 is 5.32 Å². The van der Waals surface area contributed by atoms with Gasteiger partial charge < -0.3 is 5.32 Å². The molecule has 28 heavy (non-hydrogen) atoms. The molecule has 0 aliphatic heterocycles. The van der Waals surface area contributed by atoms with Gasteiger partial charge in [-0.05, 0) is 68.5 Å². The molecule has 1 N–H and O–H groups in total. The summed E-state index contributed by atoms with van der Waals surface area (Å²) in [5, 5.41) is 0.429. The summed E-state index contributed by atoms with van der Waals surface area (Å²) < 4.78 is 54.3. The van der Waals surface area contributed by atoms with Crippen molar-refractivity contribution in [3.05, 3.63) is 64.4 Å². The zero-order valence-electron chi connectivity index (χ0n) is 15.2. The van der Waals surface area contributed by atoms with Crippen molar-refractivity contribution in [1.29, 1.82) is 0 Å². The van der Waals surface area contributed by atoms with Crippen LogP contribution in [0.2, 0.25) is 5.02 Å². The molecule has 0 atom stereocenters. The Morgan fingerprint density at radius 3 is 2.46 bits per heavy atom. The maximum Gasteiger partial charge on any atom is 0.251 e. The van der Waals surface area contributed by atoms with Gasteiger partial charge in [0.15, 0.2) is 0 Å². The number of benzene rings is 2. The van der Waals surface area contributed by atoms with Crippen LogP contribution in [0.1, 0.15) is 41.6 Å². The Morgan fingerprint density at radius 1 is 1.18 bits per heavy atom. The van der Waals surface area contributed by atoms with Crippen LogP contribution in [0.4, 0.5) is 8.78 Å². The summed E-state index contributed by atoms with van der Waals surface area (Å²) in [4.78, 5) is 12.3. The minimum Gasteiger partial charge on any atom is -0.349 e. The summed E-state index contributed by atoms with van der Waals surface area (Å²) >= 11 is 5.76. The summed E-state index contributed by atoms with van der Waals surface area (Å²) in [7, 11) is -4.15. The van der Waals surface area contributed by atoms with E-state index in [1.165, 1.54) is 18.2 Å². The molecular weight excluding hydrogens is 408 g/mol. The third-order valence-corrected chi connectivity index (χ3v) is 7.44. The maximum absolute atomic E-state index is 15.3. The normalized spacial score (nSPS) is 22.6. The van der Waals surface area contributed by atoms with Crippen LogP contribution in [0.5, 0.6) is 0 Å². The highest BCUT2D eigenvalue weighted by atomic mass is 35.5. The molecule has 1 saturated carbocycles. The molecule has 3 rings (SSSR count). The van der Waals surface area contributed by atoms with E-state index >= 15 is 4.39 Å². The number of alkyl halides is 1. The van der Waals surface area contributed by atoms with Crippen LogP contribution in [0.25, 0.3) is 0 Å². The number of halogens is 3. The largest absolute Gasteiger partial charge is 0.349 e. The highest BCUT2D eigenvalue weighted by molar-refractivity contribution is 7.92. The van der Waals surface area contributed by atoms with Gasteiger partial charge in [-0.2, -0.15) is 0 Å². The topological polar surface area (TPSA) is 63.2 Å². The molecule has 0 bridgehead atoms. The standard InChI is InChI=1S/C20H20ClF2NO3S/c1-13-3-2-4-18(9-13)28(26,27)20(23)7-5-17(6-8-20)24-19(25)14-10-15(21)12-16(22)11-14/h2-4,9-12,17H,5-8H2,1H3,(H,24,25)/t17-,20+. The highest BCUT2D eigenvalue weighted by Crippen LogP contribution is 2.40. The Balaban J connectivity index is 1.69. The van der Waals surface area contributed by atoms with Crippen molar-refractivity contribution in [3.8, 4) is 0 Å². The SMILES string of the molecule is Cc1cccc(S(=O)(=O)[C@]2(F)CC[C@H](NC(=O)c3cc(F)cc(Cl)c3)CC2)c1.